The van der Waals surface area contributed by atoms with Crippen LogP contribution in [0.3, 0.4) is 0 Å². The molecule has 0 fully saturated rings. The second-order valence-corrected chi connectivity index (χ2v) is 6.23. The summed E-state index contributed by atoms with van der Waals surface area (Å²) in [6.07, 6.45) is 4.00. The summed E-state index contributed by atoms with van der Waals surface area (Å²) >= 11 is 0. The second kappa shape index (κ2) is 6.40. The van der Waals surface area contributed by atoms with Crippen molar-refractivity contribution in [2.75, 3.05) is 0 Å². The lowest BCUT2D eigenvalue weighted by molar-refractivity contribution is 0.497. The van der Waals surface area contributed by atoms with Gasteiger partial charge in [0.25, 0.3) is 0 Å². The maximum Gasteiger partial charge on any atom is 0.214 e. The van der Waals surface area contributed by atoms with E-state index in [4.69, 9.17) is 0 Å². The quantitative estimate of drug-likeness (QED) is 0.717. The van der Waals surface area contributed by atoms with Crippen LogP contribution in [0.2, 0.25) is 0 Å². The summed E-state index contributed by atoms with van der Waals surface area (Å²) in [7, 11) is -3.09. The number of hydrogen-bond donors (Lipinski definition) is 1. The van der Waals surface area contributed by atoms with Gasteiger partial charge in [-0.1, -0.05) is 26.7 Å². The fourth-order valence-corrected chi connectivity index (χ4v) is 2.19. The summed E-state index contributed by atoms with van der Waals surface area (Å²) < 4.78 is 25.9. The van der Waals surface area contributed by atoms with Gasteiger partial charge in [-0.25, -0.2) is 13.1 Å². The van der Waals surface area contributed by atoms with E-state index in [2.05, 4.69) is 11.6 Å². The zero-order chi connectivity index (χ0) is 11.2. The Kier molecular flexibility index (Phi) is 6.36. The van der Waals surface area contributed by atoms with Crippen LogP contribution in [0.5, 0.6) is 0 Å². The van der Waals surface area contributed by atoms with Crippen LogP contribution in [0, 0.1) is 0 Å². The predicted molar refractivity (Wildman–Crippen MR) is 60.8 cm³/mol. The summed E-state index contributed by atoms with van der Waals surface area (Å²) in [6, 6.07) is 0.113. The van der Waals surface area contributed by atoms with Crippen molar-refractivity contribution in [3.05, 3.63) is 0 Å². The van der Waals surface area contributed by atoms with Crippen LogP contribution < -0.4 is 4.72 Å². The van der Waals surface area contributed by atoms with Gasteiger partial charge < -0.3 is 0 Å². The van der Waals surface area contributed by atoms with E-state index in [1.54, 1.807) is 13.8 Å². The van der Waals surface area contributed by atoms with Gasteiger partial charge in [-0.2, -0.15) is 0 Å². The standard InChI is InChI=1S/C10H23NO2S/c1-5-7-8-10(6-2)11-14(12,13)9(3)4/h9-11H,5-8H2,1-4H3/t10-/m1/s1. The first kappa shape index (κ1) is 13.9. The molecule has 86 valence electrons. The lowest BCUT2D eigenvalue weighted by Crippen LogP contribution is -2.38. The lowest BCUT2D eigenvalue weighted by Gasteiger charge is -2.18. The molecular weight excluding hydrogens is 198 g/mol. The molecule has 0 unspecified atom stereocenters. The van der Waals surface area contributed by atoms with Gasteiger partial charge in [0.1, 0.15) is 0 Å². The van der Waals surface area contributed by atoms with E-state index in [9.17, 15) is 8.42 Å². The van der Waals surface area contributed by atoms with E-state index in [1.807, 2.05) is 6.92 Å². The van der Waals surface area contributed by atoms with Crippen LogP contribution in [-0.2, 0) is 10.0 Å². The summed E-state index contributed by atoms with van der Waals surface area (Å²) in [5.74, 6) is 0. The maximum absolute atomic E-state index is 11.6. The minimum absolute atomic E-state index is 0.113. The van der Waals surface area contributed by atoms with Gasteiger partial charge in [-0.3, -0.25) is 0 Å². The van der Waals surface area contributed by atoms with Crippen LogP contribution >= 0.6 is 0 Å². The van der Waals surface area contributed by atoms with Crippen LogP contribution in [0.4, 0.5) is 0 Å². The molecule has 4 heteroatoms. The van der Waals surface area contributed by atoms with E-state index in [-0.39, 0.29) is 11.3 Å². The maximum atomic E-state index is 11.6. The molecule has 3 nitrogen and oxygen atoms in total. The Labute approximate surface area is 88.3 Å². The summed E-state index contributed by atoms with van der Waals surface area (Å²) in [4.78, 5) is 0. The lowest BCUT2D eigenvalue weighted by atomic mass is 10.1. The zero-order valence-corrected chi connectivity index (χ0v) is 10.5. The average molecular weight is 221 g/mol. The molecule has 1 atom stereocenters. The summed E-state index contributed by atoms with van der Waals surface area (Å²) in [5.41, 5.74) is 0. The molecule has 0 heterocycles. The van der Waals surface area contributed by atoms with Crippen LogP contribution in [0.1, 0.15) is 53.4 Å². The third-order valence-corrected chi connectivity index (χ3v) is 4.25. The Morgan fingerprint density at radius 2 is 1.79 bits per heavy atom. The number of sulfonamides is 1. The van der Waals surface area contributed by atoms with Crippen molar-refractivity contribution in [3.63, 3.8) is 0 Å². The third-order valence-electron chi connectivity index (χ3n) is 2.35. The van der Waals surface area contributed by atoms with Crippen molar-refractivity contribution in [1.82, 2.24) is 4.72 Å². The Hall–Kier alpha value is -0.0900. The molecule has 0 rings (SSSR count). The minimum atomic E-state index is -3.09. The van der Waals surface area contributed by atoms with Crippen molar-refractivity contribution >= 4 is 10.0 Å². The van der Waals surface area contributed by atoms with Gasteiger partial charge in [-0.15, -0.1) is 0 Å². The van der Waals surface area contributed by atoms with E-state index in [0.717, 1.165) is 25.7 Å². The van der Waals surface area contributed by atoms with Crippen molar-refractivity contribution in [2.24, 2.45) is 0 Å². The number of nitrogens with one attached hydrogen (secondary N) is 1. The fraction of sp³-hybridized carbons (Fsp3) is 1.00. The Morgan fingerprint density at radius 3 is 2.14 bits per heavy atom. The van der Waals surface area contributed by atoms with Crippen LogP contribution in [-0.4, -0.2) is 19.7 Å². The van der Waals surface area contributed by atoms with Gasteiger partial charge in [0, 0.05) is 6.04 Å². The SMILES string of the molecule is CCCC[C@@H](CC)NS(=O)(=O)C(C)C. The molecule has 0 amide bonds. The molecule has 0 radical (unpaired) electrons. The molecule has 0 aromatic rings. The molecule has 0 aliphatic carbocycles. The monoisotopic (exact) mass is 221 g/mol. The van der Waals surface area contributed by atoms with Gasteiger partial charge in [0.15, 0.2) is 0 Å². The topological polar surface area (TPSA) is 46.2 Å². The van der Waals surface area contributed by atoms with Crippen molar-refractivity contribution < 1.29 is 8.42 Å². The molecule has 0 saturated carbocycles. The molecule has 14 heavy (non-hydrogen) atoms. The number of unbranched alkanes of at least 4 members (excludes halogenated alkanes) is 1. The smallest absolute Gasteiger partial charge is 0.212 e. The fourth-order valence-electron chi connectivity index (χ4n) is 1.17. The number of rotatable bonds is 7. The highest BCUT2D eigenvalue weighted by Crippen LogP contribution is 2.07. The first-order valence-corrected chi connectivity index (χ1v) is 6.99. The van der Waals surface area contributed by atoms with Gasteiger partial charge >= 0.3 is 0 Å². The summed E-state index contributed by atoms with van der Waals surface area (Å²) in [5, 5.41) is -0.335. The predicted octanol–water partition coefficient (Wildman–Crippen LogP) is 2.28. The highest BCUT2D eigenvalue weighted by molar-refractivity contribution is 7.90. The van der Waals surface area contributed by atoms with Crippen molar-refractivity contribution in [1.29, 1.82) is 0 Å². The van der Waals surface area contributed by atoms with E-state index in [0.29, 0.717) is 0 Å². The molecule has 0 spiro atoms. The van der Waals surface area contributed by atoms with Crippen molar-refractivity contribution in [3.8, 4) is 0 Å². The average Bonchev–Trinajstić information content (AvgIpc) is 2.11. The van der Waals surface area contributed by atoms with Gasteiger partial charge in [0.05, 0.1) is 5.25 Å². The minimum Gasteiger partial charge on any atom is -0.212 e. The van der Waals surface area contributed by atoms with Gasteiger partial charge in [-0.05, 0) is 26.7 Å². The first-order valence-electron chi connectivity index (χ1n) is 5.45. The molecule has 0 saturated heterocycles. The van der Waals surface area contributed by atoms with Crippen LogP contribution in [0.15, 0.2) is 0 Å². The molecule has 0 aliphatic heterocycles. The molecular formula is C10H23NO2S. The van der Waals surface area contributed by atoms with Crippen LogP contribution in [0.25, 0.3) is 0 Å². The van der Waals surface area contributed by atoms with Gasteiger partial charge in [0.2, 0.25) is 10.0 Å². The first-order chi connectivity index (χ1) is 6.44. The molecule has 0 aromatic carbocycles. The molecule has 0 aromatic heterocycles. The van der Waals surface area contributed by atoms with E-state index in [1.165, 1.54) is 0 Å². The Bertz CT molecular complexity index is 235. The second-order valence-electron chi connectivity index (χ2n) is 3.96. The van der Waals surface area contributed by atoms with E-state index < -0.39 is 10.0 Å². The Balaban J connectivity index is 4.17. The Morgan fingerprint density at radius 1 is 1.21 bits per heavy atom. The summed E-state index contributed by atoms with van der Waals surface area (Å²) in [6.45, 7) is 7.54. The normalized spacial score (nSPS) is 14.6. The highest BCUT2D eigenvalue weighted by Gasteiger charge is 2.19. The molecule has 0 bridgehead atoms. The molecule has 1 N–H and O–H groups in total. The van der Waals surface area contributed by atoms with Crippen molar-refractivity contribution in [2.45, 2.75) is 64.7 Å². The zero-order valence-electron chi connectivity index (χ0n) is 9.71. The highest BCUT2D eigenvalue weighted by atomic mass is 32.2. The van der Waals surface area contributed by atoms with E-state index >= 15 is 0 Å². The third kappa shape index (κ3) is 4.96. The number of hydrogen-bond acceptors (Lipinski definition) is 2. The molecule has 0 aliphatic rings. The largest absolute Gasteiger partial charge is 0.214 e.